The first kappa shape index (κ1) is 11.6. The number of fused-ring (bicyclic) bond motifs is 3. The van der Waals surface area contributed by atoms with Crippen LogP contribution in [0.3, 0.4) is 0 Å². The second-order valence-electron chi connectivity index (χ2n) is 9.58. The third kappa shape index (κ3) is 1.77. The Morgan fingerprint density at radius 1 is 0.579 bits per heavy atom. The lowest BCUT2D eigenvalue weighted by Gasteiger charge is -2.61. The van der Waals surface area contributed by atoms with E-state index < -0.39 is 0 Å². The van der Waals surface area contributed by atoms with Crippen LogP contribution in [-0.4, -0.2) is 0 Å². The van der Waals surface area contributed by atoms with Crippen LogP contribution in [0.4, 0.5) is 0 Å². The third-order valence-corrected chi connectivity index (χ3v) is 8.16. The highest BCUT2D eigenvalue weighted by molar-refractivity contribution is 5.05. The smallest absolute Gasteiger partial charge is 0.0284 e. The Kier molecular flexibility index (Phi) is 2.33. The van der Waals surface area contributed by atoms with Crippen molar-refractivity contribution in [2.24, 2.45) is 34.5 Å². The highest BCUT2D eigenvalue weighted by Gasteiger charge is 2.54. The van der Waals surface area contributed by atoms with E-state index in [9.17, 15) is 0 Å². The topological polar surface area (TPSA) is 0 Å². The maximum Gasteiger partial charge on any atom is -0.0284 e. The van der Waals surface area contributed by atoms with Gasteiger partial charge in [-0.25, -0.2) is 0 Å². The number of rotatable bonds is 2. The van der Waals surface area contributed by atoms with Gasteiger partial charge in [-0.2, -0.15) is 0 Å². The van der Waals surface area contributed by atoms with Crippen LogP contribution in [0.2, 0.25) is 0 Å². The Morgan fingerprint density at radius 3 is 1.53 bits per heavy atom. The molecule has 7 saturated carbocycles. The number of hydrogen-bond donors (Lipinski definition) is 0. The number of hydrogen-bond acceptors (Lipinski definition) is 0. The first-order chi connectivity index (χ1) is 9.23. The zero-order chi connectivity index (χ0) is 12.5. The van der Waals surface area contributed by atoms with Crippen molar-refractivity contribution >= 4 is 0 Å². The molecule has 0 N–H and O–H groups in total. The summed E-state index contributed by atoms with van der Waals surface area (Å²) >= 11 is 0. The predicted octanol–water partition coefficient (Wildman–Crippen LogP) is 5.56. The standard InChI is InChI=1S/C19H30/c1-4-18(5-2-14(1)3-6-18)13-19-10-15-7-16(11-19)9-17(8-15)12-19/h14-17H,1-13H2. The molecular weight excluding hydrogens is 228 g/mol. The molecule has 0 aromatic rings. The van der Waals surface area contributed by atoms with Crippen molar-refractivity contribution in [2.45, 2.75) is 83.5 Å². The van der Waals surface area contributed by atoms with E-state index in [0.29, 0.717) is 0 Å². The van der Waals surface area contributed by atoms with Gasteiger partial charge in [0.05, 0.1) is 0 Å². The van der Waals surface area contributed by atoms with Crippen molar-refractivity contribution in [3.8, 4) is 0 Å². The summed E-state index contributed by atoms with van der Waals surface area (Å²) in [5.41, 5.74) is 1.68. The fourth-order valence-electron chi connectivity index (χ4n) is 7.91. The summed E-state index contributed by atoms with van der Waals surface area (Å²) < 4.78 is 0. The van der Waals surface area contributed by atoms with Gasteiger partial charge >= 0.3 is 0 Å². The fraction of sp³-hybridized carbons (Fsp3) is 1.00. The van der Waals surface area contributed by atoms with Gasteiger partial charge in [-0.3, -0.25) is 0 Å². The predicted molar refractivity (Wildman–Crippen MR) is 78.8 cm³/mol. The average Bonchev–Trinajstić information content (AvgIpc) is 2.37. The Morgan fingerprint density at radius 2 is 1.05 bits per heavy atom. The molecule has 0 heteroatoms. The highest BCUT2D eigenvalue weighted by atomic mass is 14.6. The molecule has 0 atom stereocenters. The Labute approximate surface area is 118 Å². The van der Waals surface area contributed by atoms with Crippen LogP contribution in [0.5, 0.6) is 0 Å². The molecule has 0 heterocycles. The summed E-state index contributed by atoms with van der Waals surface area (Å²) in [6.07, 6.45) is 21.1. The SMILES string of the molecule is C1CC2(CC34CC5CC(CC(C5)C3)C4)CCC1CC2. The molecule has 6 bridgehead atoms. The van der Waals surface area contributed by atoms with Crippen molar-refractivity contribution in [3.05, 3.63) is 0 Å². The Hall–Kier alpha value is 0. The summed E-state index contributed by atoms with van der Waals surface area (Å²) in [6.45, 7) is 0. The van der Waals surface area contributed by atoms with E-state index in [1.54, 1.807) is 83.5 Å². The lowest BCUT2D eigenvalue weighted by Crippen LogP contribution is -2.49. The van der Waals surface area contributed by atoms with Gasteiger partial charge in [0.25, 0.3) is 0 Å². The van der Waals surface area contributed by atoms with Crippen LogP contribution >= 0.6 is 0 Å². The molecule has 0 aliphatic heterocycles. The van der Waals surface area contributed by atoms with Crippen molar-refractivity contribution in [1.29, 1.82) is 0 Å². The molecule has 0 aromatic heterocycles. The minimum Gasteiger partial charge on any atom is -0.0499 e. The van der Waals surface area contributed by atoms with E-state index >= 15 is 0 Å². The van der Waals surface area contributed by atoms with E-state index in [4.69, 9.17) is 0 Å². The minimum absolute atomic E-state index is 0.834. The molecule has 7 fully saturated rings. The molecule has 7 aliphatic rings. The van der Waals surface area contributed by atoms with Crippen LogP contribution < -0.4 is 0 Å². The van der Waals surface area contributed by atoms with Gasteiger partial charge in [-0.1, -0.05) is 0 Å². The molecule has 19 heavy (non-hydrogen) atoms. The fourth-order valence-corrected chi connectivity index (χ4v) is 7.91. The Bertz CT molecular complexity index is 322. The second kappa shape index (κ2) is 3.80. The zero-order valence-corrected chi connectivity index (χ0v) is 12.5. The molecule has 7 aliphatic carbocycles. The minimum atomic E-state index is 0.834. The highest BCUT2D eigenvalue weighted by Crippen LogP contribution is 2.66. The molecule has 0 amide bonds. The van der Waals surface area contributed by atoms with E-state index in [1.807, 2.05) is 0 Å². The largest absolute Gasteiger partial charge is 0.0499 e. The van der Waals surface area contributed by atoms with Crippen LogP contribution in [-0.2, 0) is 0 Å². The maximum atomic E-state index is 1.66. The van der Waals surface area contributed by atoms with Gasteiger partial charge in [0, 0.05) is 0 Å². The van der Waals surface area contributed by atoms with E-state index in [0.717, 1.165) is 34.5 Å². The van der Waals surface area contributed by atoms with Gasteiger partial charge in [-0.15, -0.1) is 0 Å². The van der Waals surface area contributed by atoms with E-state index in [-0.39, 0.29) is 0 Å². The van der Waals surface area contributed by atoms with Crippen LogP contribution in [0.1, 0.15) is 83.5 Å². The summed E-state index contributed by atoms with van der Waals surface area (Å²) in [5, 5.41) is 0. The lowest BCUT2D eigenvalue weighted by molar-refractivity contribution is -0.0959. The second-order valence-corrected chi connectivity index (χ2v) is 9.58. The normalized spacial score (nSPS) is 58.7. The summed E-state index contributed by atoms with van der Waals surface area (Å²) in [7, 11) is 0. The summed E-state index contributed by atoms with van der Waals surface area (Å²) in [4.78, 5) is 0. The van der Waals surface area contributed by atoms with Gasteiger partial charge in [0.1, 0.15) is 0 Å². The molecule has 0 saturated heterocycles. The molecule has 0 unspecified atom stereocenters. The van der Waals surface area contributed by atoms with Gasteiger partial charge in [0.2, 0.25) is 0 Å². The monoisotopic (exact) mass is 258 g/mol. The van der Waals surface area contributed by atoms with Crippen LogP contribution in [0.15, 0.2) is 0 Å². The van der Waals surface area contributed by atoms with Gasteiger partial charge in [0.15, 0.2) is 0 Å². The van der Waals surface area contributed by atoms with Gasteiger partial charge in [-0.05, 0) is 118 Å². The summed E-state index contributed by atoms with van der Waals surface area (Å²) in [6, 6.07) is 0. The summed E-state index contributed by atoms with van der Waals surface area (Å²) in [5.74, 6) is 4.60. The quantitative estimate of drug-likeness (QED) is 0.608. The van der Waals surface area contributed by atoms with Crippen molar-refractivity contribution < 1.29 is 0 Å². The Balaban J connectivity index is 1.41. The van der Waals surface area contributed by atoms with Crippen LogP contribution in [0, 0.1) is 34.5 Å². The molecule has 106 valence electrons. The molecule has 0 spiro atoms. The first-order valence-corrected chi connectivity index (χ1v) is 9.23. The van der Waals surface area contributed by atoms with Crippen LogP contribution in [0.25, 0.3) is 0 Å². The maximum absolute atomic E-state index is 1.66. The average molecular weight is 258 g/mol. The first-order valence-electron chi connectivity index (χ1n) is 9.23. The van der Waals surface area contributed by atoms with Crippen molar-refractivity contribution in [3.63, 3.8) is 0 Å². The molecule has 0 nitrogen and oxygen atoms in total. The molecule has 0 aromatic carbocycles. The lowest BCUT2D eigenvalue weighted by atomic mass is 9.45. The third-order valence-electron chi connectivity index (χ3n) is 8.16. The van der Waals surface area contributed by atoms with E-state index in [1.165, 1.54) is 0 Å². The van der Waals surface area contributed by atoms with E-state index in [2.05, 4.69) is 0 Å². The molecule has 0 radical (unpaired) electrons. The van der Waals surface area contributed by atoms with Gasteiger partial charge < -0.3 is 0 Å². The van der Waals surface area contributed by atoms with Crippen molar-refractivity contribution in [2.75, 3.05) is 0 Å². The van der Waals surface area contributed by atoms with Crippen molar-refractivity contribution in [1.82, 2.24) is 0 Å². The zero-order valence-electron chi connectivity index (χ0n) is 12.5. The molecule has 7 rings (SSSR count). The molecular formula is C19H30.